The molecule has 2 heteroatoms. The summed E-state index contributed by atoms with van der Waals surface area (Å²) < 4.78 is 0. The van der Waals surface area contributed by atoms with Gasteiger partial charge in [0.05, 0.1) is 5.92 Å². The van der Waals surface area contributed by atoms with Crippen LogP contribution in [0.25, 0.3) is 0 Å². The lowest BCUT2D eigenvalue weighted by Crippen LogP contribution is -2.52. The molecule has 1 atom stereocenters. The highest BCUT2D eigenvalue weighted by Crippen LogP contribution is 2.30. The van der Waals surface area contributed by atoms with Gasteiger partial charge in [-0.3, -0.25) is 4.79 Å². The maximum Gasteiger partial charge on any atom is 0.225 e. The molecular formula is C11H19NO. The fraction of sp³-hybridized carbons (Fsp3) is 0.909. The minimum Gasteiger partial charge on any atom is -0.355 e. The largest absolute Gasteiger partial charge is 0.355 e. The third-order valence-corrected chi connectivity index (χ3v) is 3.55. The molecule has 0 bridgehead atoms. The molecule has 1 saturated heterocycles. The topological polar surface area (TPSA) is 29.1 Å². The predicted molar refractivity (Wildman–Crippen MR) is 52.3 cm³/mol. The Morgan fingerprint density at radius 1 is 1.00 bits per heavy atom. The number of β-lactam (4-membered cyclic amide) rings is 1. The van der Waals surface area contributed by atoms with Crippen molar-refractivity contribution in [3.8, 4) is 0 Å². The van der Waals surface area contributed by atoms with Gasteiger partial charge in [-0.05, 0) is 18.8 Å². The van der Waals surface area contributed by atoms with Crippen molar-refractivity contribution in [3.05, 3.63) is 0 Å². The lowest BCUT2D eigenvalue weighted by Gasteiger charge is -2.34. The quantitative estimate of drug-likeness (QED) is 0.617. The second-order valence-electron chi connectivity index (χ2n) is 4.46. The van der Waals surface area contributed by atoms with Crippen molar-refractivity contribution in [2.24, 2.45) is 11.8 Å². The second-order valence-corrected chi connectivity index (χ2v) is 4.46. The summed E-state index contributed by atoms with van der Waals surface area (Å²) >= 11 is 0. The molecule has 1 unspecified atom stereocenters. The van der Waals surface area contributed by atoms with E-state index in [0.29, 0.717) is 17.7 Å². The van der Waals surface area contributed by atoms with Gasteiger partial charge in [-0.1, -0.05) is 32.1 Å². The van der Waals surface area contributed by atoms with Crippen LogP contribution in [0.15, 0.2) is 0 Å². The molecule has 2 rings (SSSR count). The van der Waals surface area contributed by atoms with Crippen LogP contribution in [0.3, 0.4) is 0 Å². The van der Waals surface area contributed by atoms with Crippen molar-refractivity contribution in [3.63, 3.8) is 0 Å². The maximum absolute atomic E-state index is 11.2. The number of hydrogen-bond donors (Lipinski definition) is 1. The van der Waals surface area contributed by atoms with Gasteiger partial charge in [-0.2, -0.15) is 0 Å². The molecule has 74 valence electrons. The first-order valence-corrected chi connectivity index (χ1v) is 5.65. The summed E-state index contributed by atoms with van der Waals surface area (Å²) in [6.45, 7) is 0.948. The van der Waals surface area contributed by atoms with E-state index in [1.54, 1.807) is 0 Å². The van der Waals surface area contributed by atoms with Crippen LogP contribution in [-0.4, -0.2) is 12.5 Å². The van der Waals surface area contributed by atoms with Gasteiger partial charge in [0.1, 0.15) is 0 Å². The highest BCUT2D eigenvalue weighted by molar-refractivity contribution is 5.84. The van der Waals surface area contributed by atoms with Gasteiger partial charge in [-0.15, -0.1) is 0 Å². The first-order chi connectivity index (χ1) is 6.38. The minimum absolute atomic E-state index is 0.311. The van der Waals surface area contributed by atoms with E-state index in [-0.39, 0.29) is 0 Å². The molecule has 1 saturated carbocycles. The summed E-state index contributed by atoms with van der Waals surface area (Å²) in [4.78, 5) is 11.2. The Balaban J connectivity index is 1.84. The average molecular weight is 181 g/mol. The Hall–Kier alpha value is -0.530. The number of carbonyl (C=O) groups excluding carboxylic acids is 1. The normalized spacial score (nSPS) is 31.4. The molecule has 1 heterocycles. The monoisotopic (exact) mass is 181 g/mol. The molecule has 2 nitrogen and oxygen atoms in total. The summed E-state index contributed by atoms with van der Waals surface area (Å²) in [6.07, 6.45) is 9.43. The summed E-state index contributed by atoms with van der Waals surface area (Å²) in [7, 11) is 0. The zero-order chi connectivity index (χ0) is 9.10. The predicted octanol–water partition coefficient (Wildman–Crippen LogP) is 2.09. The van der Waals surface area contributed by atoms with Gasteiger partial charge in [0.2, 0.25) is 5.91 Å². The molecule has 1 aliphatic heterocycles. The zero-order valence-corrected chi connectivity index (χ0v) is 8.22. The van der Waals surface area contributed by atoms with Gasteiger partial charge in [0.15, 0.2) is 0 Å². The Bertz CT molecular complexity index is 183. The first-order valence-electron chi connectivity index (χ1n) is 5.65. The van der Waals surface area contributed by atoms with E-state index in [1.165, 1.54) is 44.9 Å². The standard InChI is InChI=1S/C11H19NO/c13-11-10(8-12-11)9-6-4-2-1-3-5-7-9/h9-10H,1-8H2,(H,12,13). The van der Waals surface area contributed by atoms with Crippen molar-refractivity contribution in [1.82, 2.24) is 5.32 Å². The highest BCUT2D eigenvalue weighted by atomic mass is 16.2. The van der Waals surface area contributed by atoms with Crippen LogP contribution in [0.4, 0.5) is 0 Å². The van der Waals surface area contributed by atoms with Crippen molar-refractivity contribution < 1.29 is 4.79 Å². The summed E-state index contributed by atoms with van der Waals surface area (Å²) in [5, 5.41) is 2.85. The van der Waals surface area contributed by atoms with Gasteiger partial charge in [-0.25, -0.2) is 0 Å². The molecule has 0 aromatic heterocycles. The Labute approximate surface area is 80.1 Å². The molecule has 13 heavy (non-hydrogen) atoms. The van der Waals surface area contributed by atoms with Crippen LogP contribution in [0.5, 0.6) is 0 Å². The zero-order valence-electron chi connectivity index (χ0n) is 8.22. The van der Waals surface area contributed by atoms with E-state index < -0.39 is 0 Å². The first kappa shape index (κ1) is 9.04. The van der Waals surface area contributed by atoms with E-state index in [0.717, 1.165) is 6.54 Å². The SMILES string of the molecule is O=C1NCC1C1CCCCCCC1. The minimum atomic E-state index is 0.311. The van der Waals surface area contributed by atoms with Crippen LogP contribution in [0, 0.1) is 11.8 Å². The van der Waals surface area contributed by atoms with Gasteiger partial charge >= 0.3 is 0 Å². The third-order valence-electron chi connectivity index (χ3n) is 3.55. The summed E-state index contributed by atoms with van der Waals surface area (Å²) in [5.74, 6) is 1.39. The number of hydrogen-bond acceptors (Lipinski definition) is 1. The van der Waals surface area contributed by atoms with Crippen LogP contribution in [-0.2, 0) is 4.79 Å². The number of carbonyl (C=O) groups is 1. The maximum atomic E-state index is 11.2. The molecule has 2 aliphatic rings. The molecule has 0 spiro atoms. The van der Waals surface area contributed by atoms with Crippen molar-refractivity contribution in [1.29, 1.82) is 0 Å². The molecule has 0 aromatic rings. The fourth-order valence-corrected chi connectivity index (χ4v) is 2.57. The van der Waals surface area contributed by atoms with Gasteiger partial charge < -0.3 is 5.32 Å². The number of rotatable bonds is 1. The van der Waals surface area contributed by atoms with Crippen molar-refractivity contribution in [2.45, 2.75) is 44.9 Å². The molecular weight excluding hydrogens is 162 g/mol. The Morgan fingerprint density at radius 3 is 2.08 bits per heavy atom. The van der Waals surface area contributed by atoms with Crippen LogP contribution >= 0.6 is 0 Å². The van der Waals surface area contributed by atoms with E-state index in [4.69, 9.17) is 0 Å². The highest BCUT2D eigenvalue weighted by Gasteiger charge is 2.34. The average Bonchev–Trinajstić information content (AvgIpc) is 2.06. The molecule has 1 aliphatic carbocycles. The molecule has 2 fully saturated rings. The van der Waals surface area contributed by atoms with E-state index in [2.05, 4.69) is 5.32 Å². The Kier molecular flexibility index (Phi) is 2.87. The fourth-order valence-electron chi connectivity index (χ4n) is 2.57. The van der Waals surface area contributed by atoms with Crippen LogP contribution in [0.2, 0.25) is 0 Å². The lowest BCUT2D eigenvalue weighted by atomic mass is 9.78. The number of nitrogens with one attached hydrogen (secondary N) is 1. The third kappa shape index (κ3) is 2.04. The van der Waals surface area contributed by atoms with Crippen LogP contribution < -0.4 is 5.32 Å². The Morgan fingerprint density at radius 2 is 1.62 bits per heavy atom. The summed E-state index contributed by atoms with van der Waals surface area (Å²) in [5.41, 5.74) is 0. The van der Waals surface area contributed by atoms with Gasteiger partial charge in [0.25, 0.3) is 0 Å². The van der Waals surface area contributed by atoms with Crippen LogP contribution in [0.1, 0.15) is 44.9 Å². The number of amides is 1. The molecule has 0 aromatic carbocycles. The summed E-state index contributed by atoms with van der Waals surface area (Å²) in [6, 6.07) is 0. The van der Waals surface area contributed by atoms with Gasteiger partial charge in [0, 0.05) is 6.54 Å². The molecule has 1 N–H and O–H groups in total. The lowest BCUT2D eigenvalue weighted by molar-refractivity contribution is -0.133. The van der Waals surface area contributed by atoms with Crippen molar-refractivity contribution >= 4 is 5.91 Å². The van der Waals surface area contributed by atoms with E-state index in [1.807, 2.05) is 0 Å². The smallest absolute Gasteiger partial charge is 0.225 e. The molecule has 1 amide bonds. The molecule has 0 radical (unpaired) electrons. The second kappa shape index (κ2) is 4.12. The van der Waals surface area contributed by atoms with E-state index >= 15 is 0 Å². The van der Waals surface area contributed by atoms with E-state index in [9.17, 15) is 4.79 Å². The van der Waals surface area contributed by atoms with Crippen molar-refractivity contribution in [2.75, 3.05) is 6.54 Å².